The highest BCUT2D eigenvalue weighted by Crippen LogP contribution is 2.30. The second-order valence-electron chi connectivity index (χ2n) is 6.70. The Balaban J connectivity index is 1.55. The first kappa shape index (κ1) is 16.2. The third-order valence-electron chi connectivity index (χ3n) is 4.95. The molecule has 1 fully saturated rings. The maximum Gasteiger partial charge on any atom is 0.142 e. The monoisotopic (exact) mass is 344 g/mol. The summed E-state index contributed by atoms with van der Waals surface area (Å²) >= 11 is 0. The van der Waals surface area contributed by atoms with Crippen molar-refractivity contribution in [2.75, 3.05) is 23.7 Å². The van der Waals surface area contributed by atoms with Crippen LogP contribution < -0.4 is 10.6 Å². The van der Waals surface area contributed by atoms with Gasteiger partial charge in [0, 0.05) is 30.5 Å². The molecule has 3 aromatic rings. The molecule has 6 nitrogen and oxygen atoms in total. The number of rotatable bonds is 3. The zero-order valence-corrected chi connectivity index (χ0v) is 14.6. The summed E-state index contributed by atoms with van der Waals surface area (Å²) in [5.74, 6) is 1.43. The van der Waals surface area contributed by atoms with Gasteiger partial charge in [0.05, 0.1) is 17.0 Å². The van der Waals surface area contributed by atoms with Crippen molar-refractivity contribution in [1.29, 1.82) is 5.26 Å². The molecule has 1 aliphatic rings. The van der Waals surface area contributed by atoms with Gasteiger partial charge in [0.25, 0.3) is 0 Å². The van der Waals surface area contributed by atoms with E-state index in [4.69, 9.17) is 11.0 Å². The molecule has 3 N–H and O–H groups in total. The van der Waals surface area contributed by atoms with E-state index in [-0.39, 0.29) is 0 Å². The van der Waals surface area contributed by atoms with Crippen molar-refractivity contribution in [1.82, 2.24) is 15.0 Å². The molecule has 1 aliphatic heterocycles. The fraction of sp³-hybridized carbons (Fsp3) is 0.250. The molecule has 2 aromatic heterocycles. The molecule has 1 atom stereocenters. The fourth-order valence-corrected chi connectivity index (χ4v) is 3.66. The quantitative estimate of drug-likeness (QED) is 0.711. The lowest BCUT2D eigenvalue weighted by atomic mass is 9.98. The van der Waals surface area contributed by atoms with E-state index in [1.54, 1.807) is 12.4 Å². The Kier molecular flexibility index (Phi) is 4.05. The summed E-state index contributed by atoms with van der Waals surface area (Å²) in [6, 6.07) is 9.62. The van der Waals surface area contributed by atoms with E-state index in [0.29, 0.717) is 17.2 Å². The Morgan fingerprint density at radius 3 is 3.08 bits per heavy atom. The molecule has 0 saturated carbocycles. The van der Waals surface area contributed by atoms with Crippen LogP contribution in [0.5, 0.6) is 0 Å². The molecule has 0 spiro atoms. The molecule has 130 valence electrons. The summed E-state index contributed by atoms with van der Waals surface area (Å²) in [6.45, 7) is 3.97. The maximum atomic E-state index is 8.98. The predicted octanol–water partition coefficient (Wildman–Crippen LogP) is 3.34. The minimum Gasteiger partial charge on any atom is -0.398 e. The van der Waals surface area contributed by atoms with Crippen molar-refractivity contribution < 1.29 is 0 Å². The topological polar surface area (TPSA) is 94.6 Å². The summed E-state index contributed by atoms with van der Waals surface area (Å²) < 4.78 is 0. The number of benzene rings is 1. The van der Waals surface area contributed by atoms with Crippen LogP contribution in [-0.2, 0) is 0 Å². The number of nitrogens with two attached hydrogens (primary N) is 1. The Bertz CT molecular complexity index is 1030. The highest BCUT2D eigenvalue weighted by Gasteiger charge is 2.24. The van der Waals surface area contributed by atoms with E-state index in [9.17, 15) is 0 Å². The van der Waals surface area contributed by atoms with Gasteiger partial charge in [-0.1, -0.05) is 12.1 Å². The average molecular weight is 344 g/mol. The molecule has 1 saturated heterocycles. The van der Waals surface area contributed by atoms with Gasteiger partial charge < -0.3 is 15.6 Å². The lowest BCUT2D eigenvalue weighted by Crippen LogP contribution is -2.20. The number of hydrogen-bond donors (Lipinski definition) is 2. The summed E-state index contributed by atoms with van der Waals surface area (Å²) in [5, 5.41) is 10.0. The van der Waals surface area contributed by atoms with E-state index in [1.807, 2.05) is 24.4 Å². The zero-order chi connectivity index (χ0) is 18.1. The van der Waals surface area contributed by atoms with Crippen molar-refractivity contribution in [3.63, 3.8) is 0 Å². The average Bonchev–Trinajstić information content (AvgIpc) is 3.30. The number of nitrogens with one attached hydrogen (secondary N) is 1. The van der Waals surface area contributed by atoms with Crippen molar-refractivity contribution >= 4 is 28.1 Å². The van der Waals surface area contributed by atoms with E-state index >= 15 is 0 Å². The molecule has 0 aliphatic carbocycles. The van der Waals surface area contributed by atoms with Gasteiger partial charge in [-0.15, -0.1) is 0 Å². The maximum absolute atomic E-state index is 8.98. The van der Waals surface area contributed by atoms with Crippen molar-refractivity contribution in [3.05, 3.63) is 54.0 Å². The second kappa shape index (κ2) is 6.52. The molecule has 1 aromatic carbocycles. The van der Waals surface area contributed by atoms with Gasteiger partial charge in [0.2, 0.25) is 0 Å². The molecule has 3 heterocycles. The van der Waals surface area contributed by atoms with Crippen LogP contribution in [0.4, 0.5) is 11.5 Å². The molecule has 4 rings (SSSR count). The van der Waals surface area contributed by atoms with Crippen LogP contribution >= 0.6 is 0 Å². The highest BCUT2D eigenvalue weighted by atomic mass is 15.2. The minimum absolute atomic E-state index is 0.439. The third-order valence-corrected chi connectivity index (χ3v) is 4.95. The molecule has 0 unspecified atom stereocenters. The van der Waals surface area contributed by atoms with Gasteiger partial charge in [-0.25, -0.2) is 9.97 Å². The van der Waals surface area contributed by atoms with Crippen molar-refractivity contribution in [2.45, 2.75) is 13.3 Å². The van der Waals surface area contributed by atoms with Crippen molar-refractivity contribution in [2.24, 2.45) is 5.92 Å². The first-order valence-corrected chi connectivity index (χ1v) is 8.67. The van der Waals surface area contributed by atoms with Crippen LogP contribution in [0.3, 0.4) is 0 Å². The SMILES string of the molecule is C/C(=C/[C@@H]1CCN(c2ncnc3[nH]ccc23)C1)c1ccc(C#N)cc1N. The number of nitrogen functional groups attached to an aromatic ring is 1. The van der Waals surface area contributed by atoms with E-state index in [2.05, 4.69) is 38.9 Å². The number of aromatic nitrogens is 3. The molecule has 26 heavy (non-hydrogen) atoms. The van der Waals surface area contributed by atoms with Crippen LogP contribution in [0.1, 0.15) is 24.5 Å². The summed E-state index contributed by atoms with van der Waals surface area (Å²) in [6.07, 6.45) is 6.87. The Morgan fingerprint density at radius 1 is 1.38 bits per heavy atom. The first-order chi connectivity index (χ1) is 12.7. The summed E-state index contributed by atoms with van der Waals surface area (Å²) in [4.78, 5) is 14.2. The summed E-state index contributed by atoms with van der Waals surface area (Å²) in [5.41, 5.74) is 10.4. The number of anilines is 2. The molecular weight excluding hydrogens is 324 g/mol. The van der Waals surface area contributed by atoms with Gasteiger partial charge in [-0.05, 0) is 43.0 Å². The first-order valence-electron chi connectivity index (χ1n) is 8.67. The van der Waals surface area contributed by atoms with Gasteiger partial charge in [-0.3, -0.25) is 0 Å². The van der Waals surface area contributed by atoms with Crippen LogP contribution in [0, 0.1) is 17.2 Å². The number of nitrogens with zero attached hydrogens (tertiary/aromatic N) is 4. The van der Waals surface area contributed by atoms with E-state index in [1.165, 1.54) is 0 Å². The fourth-order valence-electron chi connectivity index (χ4n) is 3.66. The lowest BCUT2D eigenvalue weighted by Gasteiger charge is -2.17. The van der Waals surface area contributed by atoms with Crippen LogP contribution in [0.15, 0.2) is 42.9 Å². The Hall–Kier alpha value is -3.33. The van der Waals surface area contributed by atoms with Gasteiger partial charge in [-0.2, -0.15) is 5.26 Å². The number of allylic oxidation sites excluding steroid dienone is 1. The number of aromatic amines is 1. The lowest BCUT2D eigenvalue weighted by molar-refractivity contribution is 0.739. The second-order valence-corrected chi connectivity index (χ2v) is 6.70. The van der Waals surface area contributed by atoms with Crippen LogP contribution in [-0.4, -0.2) is 28.0 Å². The predicted molar refractivity (Wildman–Crippen MR) is 103 cm³/mol. The number of H-pyrrole nitrogens is 1. The van der Waals surface area contributed by atoms with Crippen molar-refractivity contribution in [3.8, 4) is 6.07 Å². The smallest absolute Gasteiger partial charge is 0.142 e. The van der Waals surface area contributed by atoms with E-state index < -0.39 is 0 Å². The summed E-state index contributed by atoms with van der Waals surface area (Å²) in [7, 11) is 0. The molecule has 0 bridgehead atoms. The standard InChI is InChI=1S/C20H20N6/c1-13(16-3-2-14(10-21)9-18(16)22)8-15-5-7-26(11-15)20-17-4-6-23-19(17)24-12-25-20/h2-4,6,8-9,12,15H,5,7,11,22H2,1H3,(H,23,24,25)/b13-8-/t15-/m0/s1. The normalized spacial score (nSPS) is 17.6. The highest BCUT2D eigenvalue weighted by molar-refractivity contribution is 5.87. The molecule has 0 amide bonds. The number of nitriles is 1. The van der Waals surface area contributed by atoms with Gasteiger partial charge >= 0.3 is 0 Å². The van der Waals surface area contributed by atoms with Crippen LogP contribution in [0.2, 0.25) is 0 Å². The number of fused-ring (bicyclic) bond motifs is 1. The Labute approximate surface area is 152 Å². The molecule has 0 radical (unpaired) electrons. The number of hydrogen-bond acceptors (Lipinski definition) is 5. The zero-order valence-electron chi connectivity index (χ0n) is 14.6. The van der Waals surface area contributed by atoms with Gasteiger partial charge in [0.15, 0.2) is 0 Å². The molecular formula is C20H20N6. The molecule has 6 heteroatoms. The minimum atomic E-state index is 0.439. The Morgan fingerprint density at radius 2 is 2.27 bits per heavy atom. The third kappa shape index (κ3) is 2.88. The van der Waals surface area contributed by atoms with Crippen LogP contribution in [0.25, 0.3) is 16.6 Å². The largest absolute Gasteiger partial charge is 0.398 e. The van der Waals surface area contributed by atoms with Gasteiger partial charge in [0.1, 0.15) is 17.8 Å². The van der Waals surface area contributed by atoms with E-state index in [0.717, 1.165) is 47.5 Å².